The third-order valence-corrected chi connectivity index (χ3v) is 1.82. The van der Waals surface area contributed by atoms with E-state index in [0.29, 0.717) is 0 Å². The summed E-state index contributed by atoms with van der Waals surface area (Å²) in [5.41, 5.74) is 8.48. The van der Waals surface area contributed by atoms with Crippen LogP contribution in [0.25, 0.3) is 0 Å². The molecule has 0 aromatic heterocycles. The van der Waals surface area contributed by atoms with E-state index in [2.05, 4.69) is 35.6 Å². The lowest BCUT2D eigenvalue weighted by Gasteiger charge is -2.05. The minimum Gasteiger partial charge on any atom is -0.321 e. The number of nitrogens with one attached hydrogen (secondary N) is 2. The van der Waals surface area contributed by atoms with E-state index in [9.17, 15) is 0 Å². The number of rotatable bonds is 0. The predicted molar refractivity (Wildman–Crippen MR) is 44.8 cm³/mol. The fourth-order valence-electron chi connectivity index (χ4n) is 1.23. The predicted octanol–water partition coefficient (Wildman–Crippen LogP) is 1.59. The van der Waals surface area contributed by atoms with E-state index in [1.165, 1.54) is 5.56 Å². The smallest absolute Gasteiger partial charge is 0.0810 e. The second-order valence-corrected chi connectivity index (χ2v) is 2.58. The molecular formula is C9H10N2. The first kappa shape index (κ1) is 6.68. The number of para-hydroxylation sites is 1. The molecule has 1 aromatic carbocycles. The zero-order valence-corrected chi connectivity index (χ0v) is 6.22. The van der Waals surface area contributed by atoms with Crippen molar-refractivity contribution in [3.05, 3.63) is 36.4 Å². The largest absolute Gasteiger partial charge is 0.321 e. The lowest BCUT2D eigenvalue weighted by atomic mass is 10.1. The minimum absolute atomic E-state index is 0.962. The van der Waals surface area contributed by atoms with Gasteiger partial charge in [0.1, 0.15) is 0 Å². The van der Waals surface area contributed by atoms with Gasteiger partial charge in [-0.25, -0.2) is 5.43 Å². The Labute approximate surface area is 66.6 Å². The average Bonchev–Trinajstić information content (AvgIpc) is 2.28. The molecule has 0 bridgehead atoms. The molecule has 0 amide bonds. The molecule has 2 rings (SSSR count). The Bertz CT molecular complexity index is 220. The molecule has 11 heavy (non-hydrogen) atoms. The SMILES string of the molecule is [C]1CCc2ccccc2NN1. The van der Waals surface area contributed by atoms with E-state index < -0.39 is 0 Å². The van der Waals surface area contributed by atoms with E-state index in [0.717, 1.165) is 18.5 Å². The van der Waals surface area contributed by atoms with Crippen molar-refractivity contribution in [2.24, 2.45) is 0 Å². The molecule has 0 aliphatic carbocycles. The van der Waals surface area contributed by atoms with Gasteiger partial charge in [-0.3, -0.25) is 0 Å². The van der Waals surface area contributed by atoms with Crippen LogP contribution in [0.3, 0.4) is 0 Å². The quantitative estimate of drug-likeness (QED) is 0.580. The highest BCUT2D eigenvalue weighted by Crippen LogP contribution is 2.18. The standard InChI is InChI=1S/C9H10N2/c1-2-6-9-8(4-1)5-3-7-10-11-9/h1-2,4,6,10-11H,3,5H2. The van der Waals surface area contributed by atoms with Crippen LogP contribution >= 0.6 is 0 Å². The van der Waals surface area contributed by atoms with Crippen molar-refractivity contribution in [2.75, 3.05) is 5.43 Å². The van der Waals surface area contributed by atoms with Crippen molar-refractivity contribution >= 4 is 5.69 Å². The van der Waals surface area contributed by atoms with E-state index >= 15 is 0 Å². The highest BCUT2D eigenvalue weighted by atomic mass is 15.4. The number of hydrogen-bond acceptors (Lipinski definition) is 2. The molecule has 0 atom stereocenters. The van der Waals surface area contributed by atoms with Crippen LogP contribution in [-0.4, -0.2) is 0 Å². The number of hydrogen-bond donors (Lipinski definition) is 2. The fraction of sp³-hybridized carbons (Fsp3) is 0.222. The number of benzene rings is 1. The number of fused-ring (bicyclic) bond motifs is 1. The van der Waals surface area contributed by atoms with E-state index in [1.807, 2.05) is 6.07 Å². The molecule has 0 spiro atoms. The molecule has 2 radical (unpaired) electrons. The molecule has 2 heteroatoms. The monoisotopic (exact) mass is 146 g/mol. The van der Waals surface area contributed by atoms with Gasteiger partial charge in [0.05, 0.1) is 12.2 Å². The third-order valence-electron chi connectivity index (χ3n) is 1.82. The zero-order valence-electron chi connectivity index (χ0n) is 6.22. The summed E-state index contributed by atoms with van der Waals surface area (Å²) in [4.78, 5) is 0. The van der Waals surface area contributed by atoms with Crippen LogP contribution in [0.2, 0.25) is 0 Å². The first-order chi connectivity index (χ1) is 5.47. The maximum Gasteiger partial charge on any atom is 0.0810 e. The van der Waals surface area contributed by atoms with Crippen LogP contribution in [0.15, 0.2) is 24.3 Å². The van der Waals surface area contributed by atoms with Crippen molar-refractivity contribution in [3.8, 4) is 0 Å². The molecule has 0 saturated heterocycles. The molecule has 0 saturated carbocycles. The van der Waals surface area contributed by atoms with Crippen LogP contribution in [-0.2, 0) is 6.42 Å². The van der Waals surface area contributed by atoms with Gasteiger partial charge >= 0.3 is 0 Å². The van der Waals surface area contributed by atoms with Crippen LogP contribution < -0.4 is 10.9 Å². The number of aryl methyl sites for hydroxylation is 1. The summed E-state index contributed by atoms with van der Waals surface area (Å²) in [6.07, 6.45) is 2.03. The zero-order chi connectivity index (χ0) is 7.52. The Kier molecular flexibility index (Phi) is 1.78. The Morgan fingerprint density at radius 3 is 3.18 bits per heavy atom. The highest BCUT2D eigenvalue weighted by molar-refractivity contribution is 5.51. The second-order valence-electron chi connectivity index (χ2n) is 2.58. The van der Waals surface area contributed by atoms with Gasteiger partial charge in [-0.1, -0.05) is 18.2 Å². The van der Waals surface area contributed by atoms with Gasteiger partial charge in [0.2, 0.25) is 0 Å². The van der Waals surface area contributed by atoms with Crippen LogP contribution in [0.4, 0.5) is 5.69 Å². The topological polar surface area (TPSA) is 24.1 Å². The van der Waals surface area contributed by atoms with Gasteiger partial charge in [0.15, 0.2) is 0 Å². The van der Waals surface area contributed by atoms with Gasteiger partial charge in [-0.05, 0) is 24.5 Å². The van der Waals surface area contributed by atoms with E-state index in [1.54, 1.807) is 0 Å². The fourth-order valence-corrected chi connectivity index (χ4v) is 1.23. The Morgan fingerprint density at radius 2 is 2.18 bits per heavy atom. The van der Waals surface area contributed by atoms with E-state index in [4.69, 9.17) is 0 Å². The van der Waals surface area contributed by atoms with Crippen LogP contribution in [0, 0.1) is 6.54 Å². The summed E-state index contributed by atoms with van der Waals surface area (Å²) < 4.78 is 0. The van der Waals surface area contributed by atoms with Crippen molar-refractivity contribution in [1.82, 2.24) is 5.43 Å². The van der Waals surface area contributed by atoms with Gasteiger partial charge in [0, 0.05) is 0 Å². The summed E-state index contributed by atoms with van der Waals surface area (Å²) in [6, 6.07) is 8.29. The highest BCUT2D eigenvalue weighted by Gasteiger charge is 2.04. The Hall–Kier alpha value is -1.02. The normalized spacial score (nSPS) is 16.4. The number of anilines is 1. The molecule has 2 N–H and O–H groups in total. The molecule has 1 heterocycles. The Balaban J connectivity index is 2.33. The second kappa shape index (κ2) is 2.93. The van der Waals surface area contributed by atoms with E-state index in [-0.39, 0.29) is 0 Å². The summed E-state index contributed by atoms with van der Waals surface area (Å²) in [7, 11) is 0. The molecule has 0 fully saturated rings. The van der Waals surface area contributed by atoms with Gasteiger partial charge in [-0.15, -0.1) is 0 Å². The first-order valence-electron chi connectivity index (χ1n) is 3.78. The first-order valence-corrected chi connectivity index (χ1v) is 3.78. The van der Waals surface area contributed by atoms with Crippen molar-refractivity contribution in [1.29, 1.82) is 0 Å². The van der Waals surface area contributed by atoms with Gasteiger partial charge in [-0.2, -0.15) is 0 Å². The van der Waals surface area contributed by atoms with Crippen molar-refractivity contribution in [2.45, 2.75) is 12.8 Å². The van der Waals surface area contributed by atoms with Gasteiger partial charge < -0.3 is 5.43 Å². The molecular weight excluding hydrogens is 136 g/mol. The molecule has 2 nitrogen and oxygen atoms in total. The van der Waals surface area contributed by atoms with Crippen LogP contribution in [0.5, 0.6) is 0 Å². The third kappa shape index (κ3) is 1.35. The number of hydrazine groups is 1. The maximum atomic E-state index is 3.06. The maximum absolute atomic E-state index is 3.06. The van der Waals surface area contributed by atoms with Crippen LogP contribution in [0.1, 0.15) is 12.0 Å². The minimum atomic E-state index is 0.962. The van der Waals surface area contributed by atoms with Gasteiger partial charge in [0.25, 0.3) is 0 Å². The summed E-state index contributed by atoms with van der Waals surface area (Å²) >= 11 is 0. The molecule has 1 aliphatic heterocycles. The van der Waals surface area contributed by atoms with Crippen molar-refractivity contribution in [3.63, 3.8) is 0 Å². The summed E-state index contributed by atoms with van der Waals surface area (Å²) in [6.45, 7) is 3.03. The average molecular weight is 146 g/mol. The molecule has 56 valence electrons. The Morgan fingerprint density at radius 1 is 1.27 bits per heavy atom. The van der Waals surface area contributed by atoms with Crippen molar-refractivity contribution < 1.29 is 0 Å². The lowest BCUT2D eigenvalue weighted by Crippen LogP contribution is -2.16. The summed E-state index contributed by atoms with van der Waals surface area (Å²) in [5, 5.41) is 0. The molecule has 1 aromatic rings. The molecule has 1 aliphatic rings. The summed E-state index contributed by atoms with van der Waals surface area (Å²) in [5.74, 6) is 0. The molecule has 0 unspecified atom stereocenters. The lowest BCUT2D eigenvalue weighted by molar-refractivity contribution is 0.851.